The van der Waals surface area contributed by atoms with Crippen molar-refractivity contribution in [1.29, 1.82) is 0 Å². The van der Waals surface area contributed by atoms with Gasteiger partial charge in [-0.2, -0.15) is 0 Å². The van der Waals surface area contributed by atoms with Gasteiger partial charge in [0.25, 0.3) is 0 Å². The van der Waals surface area contributed by atoms with Crippen molar-refractivity contribution in [2.24, 2.45) is 0 Å². The molecule has 0 unspecified atom stereocenters. The Morgan fingerprint density at radius 3 is 2.35 bits per heavy atom. The van der Waals surface area contributed by atoms with E-state index >= 15 is 0 Å². The minimum absolute atomic E-state index is 0.0122. The maximum absolute atomic E-state index is 12.8. The van der Waals surface area contributed by atoms with E-state index in [9.17, 15) is 19.2 Å². The molecule has 1 fully saturated rings. The van der Waals surface area contributed by atoms with Crippen molar-refractivity contribution in [2.75, 3.05) is 10.7 Å². The van der Waals surface area contributed by atoms with Gasteiger partial charge in [0.15, 0.2) is 0 Å². The van der Waals surface area contributed by atoms with Gasteiger partial charge in [0, 0.05) is 19.1 Å². The Bertz CT molecular complexity index is 754. The number of thioether (sulfide) groups is 1. The monoisotopic (exact) mass is 378 g/mol. The molecule has 26 heavy (non-hydrogen) atoms. The first-order valence-corrected chi connectivity index (χ1v) is 9.22. The molecule has 0 spiro atoms. The van der Waals surface area contributed by atoms with Crippen LogP contribution in [-0.2, 0) is 19.2 Å². The molecule has 1 aromatic rings. The Kier molecular flexibility index (Phi) is 6.07. The number of carboxylic acids is 1. The maximum Gasteiger partial charge on any atom is 0.327 e. The molecule has 7 nitrogen and oxygen atoms in total. The Hall–Kier alpha value is -2.35. The van der Waals surface area contributed by atoms with E-state index < -0.39 is 23.2 Å². The summed E-state index contributed by atoms with van der Waals surface area (Å²) < 4.78 is 0. The second kappa shape index (κ2) is 7.90. The first kappa shape index (κ1) is 20.0. The highest BCUT2D eigenvalue weighted by molar-refractivity contribution is 8.00. The van der Waals surface area contributed by atoms with Gasteiger partial charge >= 0.3 is 5.97 Å². The third kappa shape index (κ3) is 4.24. The van der Waals surface area contributed by atoms with Crippen molar-refractivity contribution < 1.29 is 24.3 Å². The van der Waals surface area contributed by atoms with Crippen molar-refractivity contribution in [3.63, 3.8) is 0 Å². The largest absolute Gasteiger partial charge is 0.480 e. The van der Waals surface area contributed by atoms with Crippen LogP contribution < -0.4 is 10.2 Å². The van der Waals surface area contributed by atoms with Gasteiger partial charge in [-0.3, -0.25) is 14.4 Å². The fraction of sp³-hybridized carbons (Fsp3) is 0.444. The molecule has 0 aliphatic carbocycles. The number of hydrogen-bond donors (Lipinski definition) is 2. The molecule has 2 atom stereocenters. The summed E-state index contributed by atoms with van der Waals surface area (Å²) in [6.07, 6.45) is 0.0165. The van der Waals surface area contributed by atoms with E-state index in [0.717, 1.165) is 28.5 Å². The SMILES string of the molecule is CC(=O)N[C@H](CS[C@H]1CC(=O)N(c2c(C)cc(C)cc2C)C1=O)C(=O)O. The standard InChI is InChI=1S/C18H22N2O5S/c1-9-5-10(2)16(11(3)6-9)20-15(22)7-14(17(20)23)26-8-13(18(24)25)19-12(4)21/h5-6,13-14H,7-8H2,1-4H3,(H,19,21)(H,24,25)/t13-,14+/m1/s1. The number of anilines is 1. The summed E-state index contributed by atoms with van der Waals surface area (Å²) in [6, 6.07) is 2.73. The predicted octanol–water partition coefficient (Wildman–Crippen LogP) is 1.57. The summed E-state index contributed by atoms with van der Waals surface area (Å²) in [5.41, 5.74) is 3.34. The van der Waals surface area contributed by atoms with E-state index in [2.05, 4.69) is 5.32 Å². The zero-order chi connectivity index (χ0) is 19.6. The molecule has 1 saturated heterocycles. The summed E-state index contributed by atoms with van der Waals surface area (Å²) in [5.74, 6) is -2.26. The van der Waals surface area contributed by atoms with Gasteiger partial charge in [0.2, 0.25) is 17.7 Å². The van der Waals surface area contributed by atoms with Crippen LogP contribution in [0.4, 0.5) is 5.69 Å². The summed E-state index contributed by atoms with van der Waals surface area (Å²) in [5, 5.41) is 10.8. The molecule has 0 saturated carbocycles. The maximum atomic E-state index is 12.8. The van der Waals surface area contributed by atoms with Gasteiger partial charge in [-0.25, -0.2) is 9.69 Å². The second-order valence-electron chi connectivity index (χ2n) is 6.43. The Morgan fingerprint density at radius 2 is 1.85 bits per heavy atom. The van der Waals surface area contributed by atoms with Crippen molar-refractivity contribution in [2.45, 2.75) is 45.4 Å². The zero-order valence-electron chi connectivity index (χ0n) is 15.2. The molecule has 1 aromatic carbocycles. The average Bonchev–Trinajstić information content (AvgIpc) is 2.77. The molecular weight excluding hydrogens is 356 g/mol. The lowest BCUT2D eigenvalue weighted by molar-refractivity contribution is -0.140. The van der Waals surface area contributed by atoms with E-state index in [4.69, 9.17) is 5.11 Å². The van der Waals surface area contributed by atoms with E-state index in [1.165, 1.54) is 11.8 Å². The van der Waals surface area contributed by atoms with Crippen LogP contribution in [0.15, 0.2) is 12.1 Å². The molecule has 2 N–H and O–H groups in total. The Balaban J connectivity index is 2.16. The smallest absolute Gasteiger partial charge is 0.327 e. The second-order valence-corrected chi connectivity index (χ2v) is 7.67. The third-order valence-corrected chi connectivity index (χ3v) is 5.40. The minimum atomic E-state index is -1.17. The first-order chi connectivity index (χ1) is 12.1. The van der Waals surface area contributed by atoms with Crippen molar-refractivity contribution in [1.82, 2.24) is 5.32 Å². The number of benzene rings is 1. The molecule has 140 valence electrons. The van der Waals surface area contributed by atoms with Gasteiger partial charge in [-0.05, 0) is 31.9 Å². The van der Waals surface area contributed by atoms with Crippen LogP contribution in [0.2, 0.25) is 0 Å². The van der Waals surface area contributed by atoms with Crippen molar-refractivity contribution >= 4 is 41.1 Å². The molecule has 8 heteroatoms. The summed E-state index contributed by atoms with van der Waals surface area (Å²) in [4.78, 5) is 48.7. The highest BCUT2D eigenvalue weighted by Crippen LogP contribution is 2.34. The van der Waals surface area contributed by atoms with Crippen molar-refractivity contribution in [3.8, 4) is 0 Å². The molecule has 0 bridgehead atoms. The van der Waals surface area contributed by atoms with Crippen LogP contribution >= 0.6 is 11.8 Å². The number of aryl methyl sites for hydroxylation is 3. The molecule has 0 radical (unpaired) electrons. The normalized spacial score (nSPS) is 18.2. The highest BCUT2D eigenvalue weighted by atomic mass is 32.2. The lowest BCUT2D eigenvalue weighted by atomic mass is 10.0. The van der Waals surface area contributed by atoms with E-state index in [1.54, 1.807) is 0 Å². The minimum Gasteiger partial charge on any atom is -0.480 e. The van der Waals surface area contributed by atoms with Gasteiger partial charge in [-0.1, -0.05) is 17.7 Å². The molecule has 1 aliphatic rings. The number of carbonyl (C=O) groups excluding carboxylic acids is 3. The highest BCUT2D eigenvalue weighted by Gasteiger charge is 2.41. The fourth-order valence-electron chi connectivity index (χ4n) is 3.13. The van der Waals surface area contributed by atoms with Crippen LogP contribution in [0.1, 0.15) is 30.0 Å². The van der Waals surface area contributed by atoms with Crippen LogP contribution in [0.25, 0.3) is 0 Å². The first-order valence-electron chi connectivity index (χ1n) is 8.18. The molecule has 3 amide bonds. The Morgan fingerprint density at radius 1 is 1.27 bits per heavy atom. The molecule has 2 rings (SSSR count). The van der Waals surface area contributed by atoms with E-state index in [1.807, 2.05) is 32.9 Å². The summed E-state index contributed by atoms with van der Waals surface area (Å²) in [6.45, 7) is 6.89. The topological polar surface area (TPSA) is 104 Å². The molecule has 0 aromatic heterocycles. The number of imide groups is 1. The van der Waals surface area contributed by atoms with Crippen LogP contribution in [0.5, 0.6) is 0 Å². The number of hydrogen-bond acceptors (Lipinski definition) is 5. The summed E-state index contributed by atoms with van der Waals surface area (Å²) >= 11 is 1.08. The number of carbonyl (C=O) groups is 4. The number of carboxylic acid groups (broad SMARTS) is 1. The number of nitrogens with zero attached hydrogens (tertiary/aromatic N) is 1. The van der Waals surface area contributed by atoms with Gasteiger partial charge < -0.3 is 10.4 Å². The zero-order valence-corrected chi connectivity index (χ0v) is 16.0. The van der Waals surface area contributed by atoms with Gasteiger partial charge in [-0.15, -0.1) is 11.8 Å². The molecule has 1 aliphatic heterocycles. The lowest BCUT2D eigenvalue weighted by Gasteiger charge is -2.21. The molecule has 1 heterocycles. The predicted molar refractivity (Wildman–Crippen MR) is 99.2 cm³/mol. The molecular formula is C18H22N2O5S. The quantitative estimate of drug-likeness (QED) is 0.728. The average molecular weight is 378 g/mol. The fourth-order valence-corrected chi connectivity index (χ4v) is 4.29. The van der Waals surface area contributed by atoms with E-state index in [-0.39, 0.29) is 24.0 Å². The Labute approximate surface area is 156 Å². The number of rotatable bonds is 6. The number of nitrogens with one attached hydrogen (secondary N) is 1. The van der Waals surface area contributed by atoms with Crippen LogP contribution in [0.3, 0.4) is 0 Å². The van der Waals surface area contributed by atoms with Crippen LogP contribution in [0, 0.1) is 20.8 Å². The number of aliphatic carboxylic acids is 1. The lowest BCUT2D eigenvalue weighted by Crippen LogP contribution is -2.42. The van der Waals surface area contributed by atoms with Crippen LogP contribution in [-0.4, -0.2) is 45.8 Å². The summed E-state index contributed by atoms with van der Waals surface area (Å²) in [7, 11) is 0. The van der Waals surface area contributed by atoms with Gasteiger partial charge in [0.1, 0.15) is 6.04 Å². The van der Waals surface area contributed by atoms with Gasteiger partial charge in [0.05, 0.1) is 10.9 Å². The third-order valence-electron chi connectivity index (χ3n) is 4.10. The number of amides is 3. The van der Waals surface area contributed by atoms with E-state index in [0.29, 0.717) is 5.69 Å². The van der Waals surface area contributed by atoms with Crippen molar-refractivity contribution in [3.05, 3.63) is 28.8 Å².